The Labute approximate surface area is 211 Å². The number of carbonyl (C=O) groups is 1. The quantitative estimate of drug-likeness (QED) is 0.285. The minimum absolute atomic E-state index is 0.186. The molecule has 0 aliphatic heterocycles. The van der Waals surface area contributed by atoms with Crippen molar-refractivity contribution in [3.8, 4) is 5.75 Å². The Morgan fingerprint density at radius 2 is 1.67 bits per heavy atom. The van der Waals surface area contributed by atoms with Crippen molar-refractivity contribution in [1.82, 2.24) is 9.55 Å². The molecular formula is C30H31N3O3. The molecule has 0 spiro atoms. The Kier molecular flexibility index (Phi) is 8.32. The topological polar surface area (TPSA) is 90.4 Å². The van der Waals surface area contributed by atoms with Crippen LogP contribution in [0.4, 0.5) is 0 Å². The number of para-hydroxylation sites is 1. The summed E-state index contributed by atoms with van der Waals surface area (Å²) in [6, 6.07) is 26.2. The fourth-order valence-electron chi connectivity index (χ4n) is 4.08. The van der Waals surface area contributed by atoms with Crippen LogP contribution < -0.4 is 10.5 Å². The van der Waals surface area contributed by atoms with E-state index in [2.05, 4.69) is 53.5 Å². The van der Waals surface area contributed by atoms with Crippen LogP contribution in [0.1, 0.15) is 52.1 Å². The van der Waals surface area contributed by atoms with Crippen molar-refractivity contribution in [2.24, 2.45) is 5.73 Å². The van der Waals surface area contributed by atoms with Crippen LogP contribution in [-0.2, 0) is 13.0 Å². The number of aliphatic hydroxyl groups is 1. The van der Waals surface area contributed by atoms with E-state index in [1.165, 1.54) is 5.56 Å². The molecule has 0 unspecified atom stereocenters. The molecule has 4 aromatic rings. The average Bonchev–Trinajstić information content (AvgIpc) is 3.38. The van der Waals surface area contributed by atoms with E-state index in [1.54, 1.807) is 24.0 Å². The van der Waals surface area contributed by atoms with Gasteiger partial charge >= 0.3 is 0 Å². The molecule has 0 aliphatic rings. The average molecular weight is 482 g/mol. The van der Waals surface area contributed by atoms with Crippen LogP contribution in [-0.4, -0.2) is 26.7 Å². The van der Waals surface area contributed by atoms with Crippen LogP contribution in [0.5, 0.6) is 5.75 Å². The lowest BCUT2D eigenvalue weighted by atomic mass is 10.0. The van der Waals surface area contributed by atoms with Crippen LogP contribution in [0, 0.1) is 0 Å². The zero-order valence-electron chi connectivity index (χ0n) is 20.3. The number of aromatic nitrogens is 2. The lowest BCUT2D eigenvalue weighted by Crippen LogP contribution is -2.21. The number of benzene rings is 3. The van der Waals surface area contributed by atoms with E-state index in [0.717, 1.165) is 22.4 Å². The largest absolute Gasteiger partial charge is 0.489 e. The molecule has 6 nitrogen and oxygen atoms in total. The number of amides is 1. The molecule has 0 fully saturated rings. The van der Waals surface area contributed by atoms with Gasteiger partial charge in [0.2, 0.25) is 0 Å². The summed E-state index contributed by atoms with van der Waals surface area (Å²) in [5, 5.41) is 10.3. The van der Waals surface area contributed by atoms with Gasteiger partial charge in [-0.15, -0.1) is 0 Å². The highest BCUT2D eigenvalue weighted by molar-refractivity contribution is 5.90. The number of ether oxygens (including phenoxy) is 1. The number of carbonyl (C=O) groups excluding carboxylic acids is 1. The number of aryl methyl sites for hydroxylation is 1. The standard InChI is InChI=1S/C30H31N3O3/c1-22(34)28(33-19-27(30(31)35)32-21-33)18-17-26-9-5-6-10-29(26)36-20-25-15-13-24(14-16-25)12-11-23-7-3-2-4-8-23/h2-16,19,21-22,28,34H,17-18,20H2,1H3,(H2,31,35)/b12-11+/t22-,28+/m0/s1. The van der Waals surface area contributed by atoms with Crippen LogP contribution in [0.3, 0.4) is 0 Å². The van der Waals surface area contributed by atoms with Gasteiger partial charge in [0.1, 0.15) is 18.1 Å². The SMILES string of the molecule is C[C@H](O)[C@@H](CCc1ccccc1OCc1ccc(/C=C/c2ccccc2)cc1)n1cnc(C(N)=O)c1. The van der Waals surface area contributed by atoms with Gasteiger partial charge in [-0.1, -0.05) is 84.9 Å². The van der Waals surface area contributed by atoms with Crippen molar-refractivity contribution in [2.75, 3.05) is 0 Å². The highest BCUT2D eigenvalue weighted by Crippen LogP contribution is 2.26. The predicted molar refractivity (Wildman–Crippen MR) is 142 cm³/mol. The molecule has 0 saturated heterocycles. The number of primary amides is 1. The summed E-state index contributed by atoms with van der Waals surface area (Å²) in [4.78, 5) is 15.4. The van der Waals surface area contributed by atoms with Crippen LogP contribution in [0.2, 0.25) is 0 Å². The molecule has 0 bridgehead atoms. The normalized spacial score (nSPS) is 12.9. The highest BCUT2D eigenvalue weighted by Gasteiger charge is 2.19. The lowest BCUT2D eigenvalue weighted by Gasteiger charge is -2.22. The van der Waals surface area contributed by atoms with Gasteiger partial charge in [0, 0.05) is 6.20 Å². The maximum atomic E-state index is 11.4. The maximum Gasteiger partial charge on any atom is 0.268 e. The Morgan fingerprint density at radius 1 is 1.00 bits per heavy atom. The molecule has 6 heteroatoms. The summed E-state index contributed by atoms with van der Waals surface area (Å²) in [5.41, 5.74) is 9.94. The molecule has 1 heterocycles. The van der Waals surface area contributed by atoms with E-state index in [1.807, 2.05) is 42.5 Å². The van der Waals surface area contributed by atoms with Crippen molar-refractivity contribution in [1.29, 1.82) is 0 Å². The third kappa shape index (κ3) is 6.71. The number of nitrogens with two attached hydrogens (primary N) is 1. The van der Waals surface area contributed by atoms with Crippen molar-refractivity contribution < 1.29 is 14.6 Å². The molecule has 3 N–H and O–H groups in total. The Balaban J connectivity index is 1.37. The van der Waals surface area contributed by atoms with Gasteiger partial charge < -0.3 is 20.1 Å². The molecule has 1 aromatic heterocycles. The Hall–Kier alpha value is -4.16. The number of imidazole rings is 1. The van der Waals surface area contributed by atoms with E-state index < -0.39 is 12.0 Å². The summed E-state index contributed by atoms with van der Waals surface area (Å²) in [6.45, 7) is 2.19. The van der Waals surface area contributed by atoms with Crippen molar-refractivity contribution in [3.63, 3.8) is 0 Å². The molecule has 1 amide bonds. The van der Waals surface area contributed by atoms with Gasteiger partial charge in [-0.25, -0.2) is 4.98 Å². The number of hydrogen-bond acceptors (Lipinski definition) is 4. The summed E-state index contributed by atoms with van der Waals surface area (Å²) in [7, 11) is 0. The second kappa shape index (κ2) is 12.0. The second-order valence-corrected chi connectivity index (χ2v) is 8.80. The fraction of sp³-hybridized carbons (Fsp3) is 0.200. The van der Waals surface area contributed by atoms with E-state index in [0.29, 0.717) is 19.4 Å². The maximum absolute atomic E-state index is 11.4. The summed E-state index contributed by atoms with van der Waals surface area (Å²) >= 11 is 0. The first-order valence-corrected chi connectivity index (χ1v) is 12.0. The minimum Gasteiger partial charge on any atom is -0.489 e. The van der Waals surface area contributed by atoms with Gasteiger partial charge in [-0.2, -0.15) is 0 Å². The van der Waals surface area contributed by atoms with Gasteiger partial charge in [-0.3, -0.25) is 4.79 Å². The highest BCUT2D eigenvalue weighted by atomic mass is 16.5. The molecule has 4 rings (SSSR count). The minimum atomic E-state index is -0.623. The summed E-state index contributed by atoms with van der Waals surface area (Å²) < 4.78 is 7.92. The number of aliphatic hydroxyl groups excluding tert-OH is 1. The van der Waals surface area contributed by atoms with Crippen LogP contribution in [0.25, 0.3) is 12.2 Å². The smallest absolute Gasteiger partial charge is 0.268 e. The van der Waals surface area contributed by atoms with Gasteiger partial charge in [0.25, 0.3) is 5.91 Å². The van der Waals surface area contributed by atoms with E-state index in [9.17, 15) is 9.90 Å². The first-order valence-electron chi connectivity index (χ1n) is 12.0. The van der Waals surface area contributed by atoms with Gasteiger partial charge in [0.15, 0.2) is 0 Å². The van der Waals surface area contributed by atoms with Crippen molar-refractivity contribution >= 4 is 18.1 Å². The number of hydrogen-bond donors (Lipinski definition) is 2. The first-order chi connectivity index (χ1) is 17.5. The fourth-order valence-corrected chi connectivity index (χ4v) is 4.08. The van der Waals surface area contributed by atoms with E-state index >= 15 is 0 Å². The van der Waals surface area contributed by atoms with Crippen molar-refractivity contribution in [3.05, 3.63) is 119 Å². The Morgan fingerprint density at radius 3 is 2.33 bits per heavy atom. The monoisotopic (exact) mass is 481 g/mol. The second-order valence-electron chi connectivity index (χ2n) is 8.80. The molecule has 3 aromatic carbocycles. The lowest BCUT2D eigenvalue weighted by molar-refractivity contribution is 0.0994. The third-order valence-corrected chi connectivity index (χ3v) is 6.12. The first kappa shape index (κ1) is 24.9. The molecule has 0 aliphatic carbocycles. The number of rotatable bonds is 11. The third-order valence-electron chi connectivity index (χ3n) is 6.12. The van der Waals surface area contributed by atoms with E-state index in [4.69, 9.17) is 10.5 Å². The Bertz CT molecular complexity index is 1290. The zero-order valence-corrected chi connectivity index (χ0v) is 20.3. The summed E-state index contributed by atoms with van der Waals surface area (Å²) in [5.74, 6) is 0.232. The summed E-state index contributed by atoms with van der Waals surface area (Å²) in [6.07, 6.45) is 8.04. The molecule has 0 radical (unpaired) electrons. The predicted octanol–water partition coefficient (Wildman–Crippen LogP) is 5.29. The van der Waals surface area contributed by atoms with Crippen LogP contribution in [0.15, 0.2) is 91.4 Å². The van der Waals surface area contributed by atoms with E-state index in [-0.39, 0.29) is 11.7 Å². The van der Waals surface area contributed by atoms with Gasteiger partial charge in [0.05, 0.1) is 18.5 Å². The van der Waals surface area contributed by atoms with Gasteiger partial charge in [-0.05, 0) is 48.1 Å². The molecule has 36 heavy (non-hydrogen) atoms. The molecular weight excluding hydrogens is 450 g/mol. The molecule has 184 valence electrons. The van der Waals surface area contributed by atoms with Crippen LogP contribution >= 0.6 is 0 Å². The number of nitrogens with zero attached hydrogens (tertiary/aromatic N) is 2. The van der Waals surface area contributed by atoms with Crippen molar-refractivity contribution in [2.45, 2.75) is 38.5 Å². The molecule has 0 saturated carbocycles. The zero-order chi connectivity index (χ0) is 25.3. The molecule has 2 atom stereocenters.